The van der Waals surface area contributed by atoms with E-state index in [0.717, 1.165) is 12.8 Å². The quantitative estimate of drug-likeness (QED) is 0.571. The molecule has 0 saturated carbocycles. The van der Waals surface area contributed by atoms with E-state index < -0.39 is 0 Å². The highest BCUT2D eigenvalue weighted by Gasteiger charge is 2.15. The Labute approximate surface area is 134 Å². The maximum Gasteiger partial charge on any atom is 0.146 e. The number of aliphatic imine (C=N–C) groups is 1. The van der Waals surface area contributed by atoms with E-state index in [-0.39, 0.29) is 16.5 Å². The van der Waals surface area contributed by atoms with Gasteiger partial charge in [-0.15, -0.1) is 0 Å². The van der Waals surface area contributed by atoms with E-state index >= 15 is 0 Å². The molecule has 0 amide bonds. The van der Waals surface area contributed by atoms with Gasteiger partial charge in [0.05, 0.1) is 34.4 Å². The number of rotatable bonds is 5. The summed E-state index contributed by atoms with van der Waals surface area (Å²) in [6.07, 6.45) is 5.10. The summed E-state index contributed by atoms with van der Waals surface area (Å²) in [5, 5.41) is 17.5. The van der Waals surface area contributed by atoms with Gasteiger partial charge in [0.25, 0.3) is 0 Å². The van der Waals surface area contributed by atoms with E-state index in [1.54, 1.807) is 18.2 Å². The smallest absolute Gasteiger partial charge is 0.146 e. The highest BCUT2D eigenvalue weighted by molar-refractivity contribution is 6.32. The van der Waals surface area contributed by atoms with E-state index in [4.69, 9.17) is 27.5 Å². The Kier molecular flexibility index (Phi) is 5.22. The molecule has 1 aliphatic carbocycles. The first-order valence-electron chi connectivity index (χ1n) is 6.99. The number of halogens is 1. The van der Waals surface area contributed by atoms with Crippen LogP contribution in [0.3, 0.4) is 0 Å². The Hall–Kier alpha value is -2.27. The predicted molar refractivity (Wildman–Crippen MR) is 89.2 cm³/mol. The van der Waals surface area contributed by atoms with Crippen molar-refractivity contribution >= 4 is 28.7 Å². The van der Waals surface area contributed by atoms with Crippen molar-refractivity contribution in [2.75, 3.05) is 6.61 Å². The maximum absolute atomic E-state index is 9.42. The zero-order valence-corrected chi connectivity index (χ0v) is 13.0. The van der Waals surface area contributed by atoms with Crippen molar-refractivity contribution in [3.63, 3.8) is 0 Å². The molecule has 4 N–H and O–H groups in total. The second-order valence-electron chi connectivity index (χ2n) is 4.86. The van der Waals surface area contributed by atoms with Crippen molar-refractivity contribution in [3.05, 3.63) is 46.8 Å². The molecule has 1 aromatic rings. The zero-order chi connectivity index (χ0) is 16.1. The first kappa shape index (κ1) is 16.1. The summed E-state index contributed by atoms with van der Waals surface area (Å²) in [6, 6.07) is 4.64. The first-order valence-corrected chi connectivity index (χ1v) is 7.37. The van der Waals surface area contributed by atoms with Crippen LogP contribution in [0.1, 0.15) is 19.8 Å². The number of hydrogen-bond donors (Lipinski definition) is 3. The van der Waals surface area contributed by atoms with Crippen molar-refractivity contribution in [2.45, 2.75) is 19.8 Å². The average Bonchev–Trinajstić information content (AvgIpc) is 2.47. The van der Waals surface area contributed by atoms with E-state index in [1.165, 1.54) is 12.1 Å². The first-order chi connectivity index (χ1) is 10.5. The molecule has 5 nitrogen and oxygen atoms in total. The summed E-state index contributed by atoms with van der Waals surface area (Å²) in [6.45, 7) is 2.63. The summed E-state index contributed by atoms with van der Waals surface area (Å²) in [7, 11) is 0. The van der Waals surface area contributed by atoms with Crippen molar-refractivity contribution in [2.24, 2.45) is 10.7 Å². The molecule has 1 aliphatic rings. The maximum atomic E-state index is 9.42. The van der Waals surface area contributed by atoms with Gasteiger partial charge in [0.1, 0.15) is 11.5 Å². The molecular formula is C16H18ClN3O2. The monoisotopic (exact) mass is 319 g/mol. The second kappa shape index (κ2) is 7.13. The van der Waals surface area contributed by atoms with Gasteiger partial charge in [-0.2, -0.15) is 0 Å². The summed E-state index contributed by atoms with van der Waals surface area (Å²) in [4.78, 5) is 4.39. The van der Waals surface area contributed by atoms with Gasteiger partial charge in [-0.3, -0.25) is 5.41 Å². The number of phenolic OH excluding ortho intramolecular Hbond substituents is 1. The number of aromatic hydroxyl groups is 1. The van der Waals surface area contributed by atoms with Crippen LogP contribution in [0.15, 0.2) is 46.8 Å². The Morgan fingerprint density at radius 3 is 2.82 bits per heavy atom. The number of phenols is 1. The number of benzene rings is 1. The van der Waals surface area contributed by atoms with Crippen LogP contribution in [-0.2, 0) is 4.74 Å². The summed E-state index contributed by atoms with van der Waals surface area (Å²) < 4.78 is 5.58. The van der Waals surface area contributed by atoms with Crippen molar-refractivity contribution in [1.82, 2.24) is 0 Å². The third-order valence-corrected chi connectivity index (χ3v) is 3.37. The molecule has 1 aromatic carbocycles. The lowest BCUT2D eigenvalue weighted by Gasteiger charge is -2.15. The summed E-state index contributed by atoms with van der Waals surface area (Å²) in [5.41, 5.74) is 7.59. The van der Waals surface area contributed by atoms with Crippen LogP contribution in [-0.4, -0.2) is 23.1 Å². The lowest BCUT2D eigenvalue weighted by Crippen LogP contribution is -2.19. The van der Waals surface area contributed by atoms with Crippen LogP contribution < -0.4 is 5.73 Å². The van der Waals surface area contributed by atoms with Gasteiger partial charge in [0.2, 0.25) is 0 Å². The summed E-state index contributed by atoms with van der Waals surface area (Å²) in [5.74, 6) is 0.449. The molecular weight excluding hydrogens is 302 g/mol. The molecule has 0 atom stereocenters. The van der Waals surface area contributed by atoms with Gasteiger partial charge in [0.15, 0.2) is 0 Å². The van der Waals surface area contributed by atoms with Crippen LogP contribution in [0.5, 0.6) is 5.75 Å². The normalized spacial score (nSPS) is 16.5. The van der Waals surface area contributed by atoms with E-state index in [9.17, 15) is 5.11 Å². The SMILES string of the molecule is CCCCOC1=C/C(=N/c2ccc(O)c(Cl)c2)C(N)=CC1=N. The van der Waals surface area contributed by atoms with Crippen molar-refractivity contribution in [1.29, 1.82) is 5.41 Å². The molecule has 0 saturated heterocycles. The average molecular weight is 320 g/mol. The van der Waals surface area contributed by atoms with E-state index in [1.807, 2.05) is 0 Å². The number of hydrogen-bond acceptors (Lipinski definition) is 5. The molecule has 0 fully saturated rings. The van der Waals surface area contributed by atoms with Crippen LogP contribution in [0.4, 0.5) is 5.69 Å². The highest BCUT2D eigenvalue weighted by Crippen LogP contribution is 2.28. The third kappa shape index (κ3) is 3.89. The largest absolute Gasteiger partial charge is 0.506 e. The second-order valence-corrected chi connectivity index (χ2v) is 5.26. The molecule has 0 spiro atoms. The van der Waals surface area contributed by atoms with E-state index in [0.29, 0.717) is 29.5 Å². The molecule has 0 radical (unpaired) electrons. The van der Waals surface area contributed by atoms with Crippen LogP contribution in [0, 0.1) is 5.41 Å². The molecule has 0 heterocycles. The van der Waals surface area contributed by atoms with Gasteiger partial charge in [-0.1, -0.05) is 24.9 Å². The number of nitrogens with two attached hydrogens (primary N) is 1. The zero-order valence-electron chi connectivity index (χ0n) is 12.3. The van der Waals surface area contributed by atoms with Gasteiger partial charge < -0.3 is 15.6 Å². The van der Waals surface area contributed by atoms with E-state index in [2.05, 4.69) is 11.9 Å². The molecule has 0 aliphatic heterocycles. The fourth-order valence-electron chi connectivity index (χ4n) is 1.83. The van der Waals surface area contributed by atoms with Crippen molar-refractivity contribution in [3.8, 4) is 5.75 Å². The highest BCUT2D eigenvalue weighted by atomic mass is 35.5. The Bertz CT molecular complexity index is 678. The van der Waals surface area contributed by atoms with Crippen LogP contribution in [0.2, 0.25) is 5.02 Å². The Morgan fingerprint density at radius 1 is 1.36 bits per heavy atom. The molecule has 0 aromatic heterocycles. The molecule has 0 bridgehead atoms. The minimum absolute atomic E-state index is 0.00122. The lowest BCUT2D eigenvalue weighted by atomic mass is 10.1. The number of ether oxygens (including phenoxy) is 1. The fourth-order valence-corrected chi connectivity index (χ4v) is 2.01. The molecule has 22 heavy (non-hydrogen) atoms. The number of nitrogens with one attached hydrogen (secondary N) is 1. The fraction of sp³-hybridized carbons (Fsp3) is 0.250. The van der Waals surface area contributed by atoms with Crippen LogP contribution >= 0.6 is 11.6 Å². The number of unbranched alkanes of at least 4 members (excludes halogenated alkanes) is 1. The minimum Gasteiger partial charge on any atom is -0.506 e. The summed E-state index contributed by atoms with van der Waals surface area (Å²) >= 11 is 5.86. The van der Waals surface area contributed by atoms with Gasteiger partial charge >= 0.3 is 0 Å². The Morgan fingerprint density at radius 2 is 2.14 bits per heavy atom. The van der Waals surface area contributed by atoms with Gasteiger partial charge in [0, 0.05) is 6.08 Å². The number of nitrogens with zero attached hydrogens (tertiary/aromatic N) is 1. The standard InChI is InChI=1S/C16H18ClN3O2/c1-2-3-6-22-16-9-14(12(18)8-13(16)19)20-10-4-5-15(21)11(17)7-10/h4-5,7-9,19,21H,2-3,6,18H2,1H3/b19-13?,20-14-. The van der Waals surface area contributed by atoms with Crippen molar-refractivity contribution < 1.29 is 9.84 Å². The molecule has 116 valence electrons. The minimum atomic E-state index is -0.00122. The molecule has 6 heteroatoms. The molecule has 2 rings (SSSR count). The Balaban J connectivity index is 2.26. The lowest BCUT2D eigenvalue weighted by molar-refractivity contribution is 0.226. The topological polar surface area (TPSA) is 91.7 Å². The van der Waals surface area contributed by atoms with Gasteiger partial charge in [-0.05, 0) is 30.7 Å². The van der Waals surface area contributed by atoms with Crippen LogP contribution in [0.25, 0.3) is 0 Å². The predicted octanol–water partition coefficient (Wildman–Crippen LogP) is 3.69. The molecule has 0 unspecified atom stereocenters. The third-order valence-electron chi connectivity index (χ3n) is 3.07. The van der Waals surface area contributed by atoms with Gasteiger partial charge in [-0.25, -0.2) is 4.99 Å². The number of allylic oxidation sites excluding steroid dienone is 2.